The molecule has 0 aliphatic heterocycles. The van der Waals surface area contributed by atoms with Crippen molar-refractivity contribution in [1.82, 2.24) is 0 Å². The zero-order valence-electron chi connectivity index (χ0n) is 24.0. The molecule has 41 heavy (non-hydrogen) atoms. The summed E-state index contributed by atoms with van der Waals surface area (Å²) in [4.78, 5) is 0. The molecule has 0 bridgehead atoms. The lowest BCUT2D eigenvalue weighted by Crippen LogP contribution is -2.17. The summed E-state index contributed by atoms with van der Waals surface area (Å²) in [5.41, 5.74) is 15.8. The van der Waals surface area contributed by atoms with Crippen LogP contribution in [0.4, 0.5) is 11.4 Å². The zero-order valence-corrected chi connectivity index (χ0v) is 24.0. The molecule has 0 saturated heterocycles. The minimum Gasteiger partial charge on any atom is -0.356 e. The summed E-state index contributed by atoms with van der Waals surface area (Å²) in [6.07, 6.45) is 0. The van der Waals surface area contributed by atoms with Crippen LogP contribution in [0.25, 0.3) is 44.2 Å². The Morgan fingerprint density at radius 3 is 1.85 bits per heavy atom. The summed E-state index contributed by atoms with van der Waals surface area (Å²) in [7, 11) is 0. The quantitative estimate of drug-likeness (QED) is 0.241. The molecule has 0 atom stereocenters. The van der Waals surface area contributed by atoms with Crippen molar-refractivity contribution in [2.75, 3.05) is 5.32 Å². The minimum atomic E-state index is -0.0912. The second kappa shape index (κ2) is 8.44. The van der Waals surface area contributed by atoms with Gasteiger partial charge < -0.3 is 5.32 Å². The average Bonchev–Trinajstić information content (AvgIpc) is 3.36. The molecule has 0 fully saturated rings. The fraction of sp³-hybridized carbons (Fsp3) is 0.150. The van der Waals surface area contributed by atoms with E-state index in [0.29, 0.717) is 0 Å². The van der Waals surface area contributed by atoms with Gasteiger partial charge >= 0.3 is 0 Å². The average molecular weight is 528 g/mol. The van der Waals surface area contributed by atoms with Crippen LogP contribution in [0.2, 0.25) is 0 Å². The first-order chi connectivity index (χ1) is 19.8. The van der Waals surface area contributed by atoms with Gasteiger partial charge in [0.15, 0.2) is 0 Å². The molecule has 2 aliphatic carbocycles. The van der Waals surface area contributed by atoms with Crippen LogP contribution in [0.1, 0.15) is 49.9 Å². The van der Waals surface area contributed by atoms with Crippen molar-refractivity contribution in [2.45, 2.75) is 38.5 Å². The Balaban J connectivity index is 1.19. The maximum atomic E-state index is 3.67. The molecule has 0 saturated carbocycles. The van der Waals surface area contributed by atoms with Crippen LogP contribution in [-0.4, -0.2) is 0 Å². The van der Waals surface area contributed by atoms with E-state index in [1.165, 1.54) is 66.4 Å². The maximum Gasteiger partial charge on any atom is 0.0387 e. The highest BCUT2D eigenvalue weighted by molar-refractivity contribution is 6.03. The van der Waals surface area contributed by atoms with Gasteiger partial charge in [-0.3, -0.25) is 0 Å². The number of rotatable bonds is 3. The number of benzene rings is 6. The van der Waals surface area contributed by atoms with Crippen LogP contribution in [0.3, 0.4) is 0 Å². The Bertz CT molecular complexity index is 1990. The lowest BCUT2D eigenvalue weighted by Gasteiger charge is -2.24. The molecule has 0 heterocycles. The van der Waals surface area contributed by atoms with Gasteiger partial charge in [-0.1, -0.05) is 113 Å². The second-order valence-electron chi connectivity index (χ2n) is 12.7. The van der Waals surface area contributed by atoms with E-state index >= 15 is 0 Å². The fourth-order valence-electron chi connectivity index (χ4n) is 7.35. The Morgan fingerprint density at radius 2 is 1.05 bits per heavy atom. The van der Waals surface area contributed by atoms with Crippen molar-refractivity contribution in [3.05, 3.63) is 144 Å². The van der Waals surface area contributed by atoms with Gasteiger partial charge in [0.1, 0.15) is 0 Å². The van der Waals surface area contributed by atoms with Crippen LogP contribution in [0, 0.1) is 0 Å². The smallest absolute Gasteiger partial charge is 0.0387 e. The van der Waals surface area contributed by atoms with Gasteiger partial charge in [0.05, 0.1) is 0 Å². The lowest BCUT2D eigenvalue weighted by molar-refractivity contribution is 0.652. The van der Waals surface area contributed by atoms with E-state index in [1.54, 1.807) is 0 Å². The molecule has 8 rings (SSSR count). The van der Waals surface area contributed by atoms with Gasteiger partial charge in [-0.15, -0.1) is 0 Å². The minimum absolute atomic E-state index is 0.0377. The number of anilines is 2. The lowest BCUT2D eigenvalue weighted by atomic mass is 9.79. The molecular weight excluding hydrogens is 494 g/mol. The molecule has 1 N–H and O–H groups in total. The van der Waals surface area contributed by atoms with E-state index in [-0.39, 0.29) is 10.8 Å². The van der Waals surface area contributed by atoms with E-state index in [0.717, 1.165) is 11.4 Å². The van der Waals surface area contributed by atoms with E-state index < -0.39 is 0 Å². The molecule has 0 amide bonds. The summed E-state index contributed by atoms with van der Waals surface area (Å²) in [5.74, 6) is 0. The van der Waals surface area contributed by atoms with Crippen molar-refractivity contribution >= 4 is 22.1 Å². The molecular formula is C40H33N. The van der Waals surface area contributed by atoms with Crippen LogP contribution >= 0.6 is 0 Å². The predicted octanol–water partition coefficient (Wildman–Crippen LogP) is 10.9. The largest absolute Gasteiger partial charge is 0.356 e. The topological polar surface area (TPSA) is 12.0 Å². The van der Waals surface area contributed by atoms with Crippen LogP contribution < -0.4 is 5.32 Å². The third kappa shape index (κ3) is 3.48. The van der Waals surface area contributed by atoms with Gasteiger partial charge in [-0.05, 0) is 103 Å². The van der Waals surface area contributed by atoms with Crippen molar-refractivity contribution in [3.63, 3.8) is 0 Å². The van der Waals surface area contributed by atoms with E-state index in [9.17, 15) is 0 Å². The monoisotopic (exact) mass is 527 g/mol. The highest BCUT2D eigenvalue weighted by Crippen LogP contribution is 2.57. The Kier molecular flexibility index (Phi) is 4.98. The summed E-state index contributed by atoms with van der Waals surface area (Å²) in [6.45, 7) is 9.53. The molecule has 0 unspecified atom stereocenters. The van der Waals surface area contributed by atoms with Gasteiger partial charge in [0.2, 0.25) is 0 Å². The number of hydrogen-bond donors (Lipinski definition) is 1. The Labute approximate surface area is 242 Å². The fourth-order valence-corrected chi connectivity index (χ4v) is 7.35. The van der Waals surface area contributed by atoms with E-state index in [1.807, 2.05) is 0 Å². The van der Waals surface area contributed by atoms with Crippen molar-refractivity contribution < 1.29 is 0 Å². The Morgan fingerprint density at radius 1 is 0.439 bits per heavy atom. The molecule has 0 aromatic heterocycles. The molecule has 0 spiro atoms. The molecule has 1 heteroatoms. The summed E-state index contributed by atoms with van der Waals surface area (Å²) < 4.78 is 0. The van der Waals surface area contributed by atoms with Gasteiger partial charge in [0.25, 0.3) is 0 Å². The summed E-state index contributed by atoms with van der Waals surface area (Å²) in [6, 6.07) is 44.7. The second-order valence-corrected chi connectivity index (χ2v) is 12.7. The highest BCUT2D eigenvalue weighted by atomic mass is 14.9. The molecule has 1 nitrogen and oxygen atoms in total. The third-order valence-corrected chi connectivity index (χ3v) is 9.64. The first-order valence-corrected chi connectivity index (χ1v) is 14.6. The first kappa shape index (κ1) is 24.2. The van der Waals surface area contributed by atoms with Gasteiger partial charge in [-0.25, -0.2) is 0 Å². The van der Waals surface area contributed by atoms with Crippen LogP contribution in [-0.2, 0) is 10.8 Å². The van der Waals surface area contributed by atoms with Gasteiger partial charge in [-0.2, -0.15) is 0 Å². The number of hydrogen-bond acceptors (Lipinski definition) is 1. The van der Waals surface area contributed by atoms with Crippen molar-refractivity contribution in [2.24, 2.45) is 0 Å². The molecule has 6 aromatic rings. The molecule has 6 aromatic carbocycles. The van der Waals surface area contributed by atoms with Crippen molar-refractivity contribution in [3.8, 4) is 33.4 Å². The Hall–Kier alpha value is -4.62. The van der Waals surface area contributed by atoms with Crippen LogP contribution in [0.5, 0.6) is 0 Å². The van der Waals surface area contributed by atoms with Gasteiger partial charge in [0, 0.05) is 22.2 Å². The summed E-state index contributed by atoms with van der Waals surface area (Å²) >= 11 is 0. The van der Waals surface area contributed by atoms with Crippen LogP contribution in [0.15, 0.2) is 121 Å². The molecule has 2 aliphatic rings. The normalized spacial score (nSPS) is 15.2. The maximum absolute atomic E-state index is 3.67. The zero-order chi connectivity index (χ0) is 27.9. The number of fused-ring (bicyclic) bond motifs is 8. The summed E-state index contributed by atoms with van der Waals surface area (Å²) in [5, 5.41) is 6.34. The highest BCUT2D eigenvalue weighted by Gasteiger charge is 2.42. The standard InChI is InChI=1S/C40H33N/c1-39(2)34-21-16-27-12-8-9-13-30(27)38(34)33-24-36-32(23-37(33)39)31-20-19-29(22-35(31)40(36,3)4)41-28-17-14-26(15-18-28)25-10-6-5-7-11-25/h5-24,41H,1-4H3. The van der Waals surface area contributed by atoms with Crippen molar-refractivity contribution in [1.29, 1.82) is 0 Å². The third-order valence-electron chi connectivity index (χ3n) is 9.64. The predicted molar refractivity (Wildman–Crippen MR) is 174 cm³/mol. The SMILES string of the molecule is CC1(C)c2cc(Nc3ccc(-c4ccccc4)cc3)ccc2-c2cc3c(cc21)-c1c(ccc2ccccc12)C3(C)C. The van der Waals surface area contributed by atoms with E-state index in [4.69, 9.17) is 0 Å². The molecule has 0 radical (unpaired) electrons. The molecule has 198 valence electrons. The first-order valence-electron chi connectivity index (χ1n) is 14.6. The van der Waals surface area contributed by atoms with E-state index in [2.05, 4.69) is 154 Å². The number of nitrogens with one attached hydrogen (secondary N) is 1.